The van der Waals surface area contributed by atoms with Crippen LogP contribution in [-0.2, 0) is 6.42 Å². The Morgan fingerprint density at radius 2 is 2.42 bits per heavy atom. The Hall–Kier alpha value is -0.480. The zero-order chi connectivity index (χ0) is 8.97. The van der Waals surface area contributed by atoms with Crippen LogP contribution in [0.4, 0.5) is 5.82 Å². The number of anilines is 1. The predicted octanol–water partition coefficient (Wildman–Crippen LogP) is 1.56. The Morgan fingerprint density at radius 3 is 2.92 bits per heavy atom. The number of nitrogen functional groups attached to an aromatic ring is 1. The van der Waals surface area contributed by atoms with E-state index in [9.17, 15) is 0 Å². The van der Waals surface area contributed by atoms with Gasteiger partial charge in [-0.1, -0.05) is 11.8 Å². The average molecular weight is 204 g/mol. The van der Waals surface area contributed by atoms with Gasteiger partial charge in [0.2, 0.25) is 0 Å². The maximum atomic E-state index is 5.66. The SMILES string of the molecule is CSc1ncc(CCCl)c(N)n1. The Balaban J connectivity index is 2.87. The summed E-state index contributed by atoms with van der Waals surface area (Å²) >= 11 is 7.04. The molecular formula is C7H10ClN3S. The Morgan fingerprint density at radius 1 is 1.67 bits per heavy atom. The molecule has 0 aliphatic carbocycles. The summed E-state index contributed by atoms with van der Waals surface area (Å²) in [5.41, 5.74) is 6.58. The first-order valence-corrected chi connectivity index (χ1v) is 5.25. The number of alkyl halides is 1. The highest BCUT2D eigenvalue weighted by Gasteiger charge is 2.01. The van der Waals surface area contributed by atoms with Crippen LogP contribution in [0.1, 0.15) is 5.56 Å². The second-order valence-electron chi connectivity index (χ2n) is 2.21. The molecule has 12 heavy (non-hydrogen) atoms. The van der Waals surface area contributed by atoms with E-state index in [1.807, 2.05) is 6.26 Å². The van der Waals surface area contributed by atoms with Crippen LogP contribution in [-0.4, -0.2) is 22.1 Å². The van der Waals surface area contributed by atoms with Crippen molar-refractivity contribution in [2.75, 3.05) is 17.9 Å². The third-order valence-electron chi connectivity index (χ3n) is 1.42. The quantitative estimate of drug-likeness (QED) is 0.460. The molecule has 1 aromatic heterocycles. The van der Waals surface area contributed by atoms with Gasteiger partial charge in [0.25, 0.3) is 0 Å². The van der Waals surface area contributed by atoms with Gasteiger partial charge in [0.15, 0.2) is 5.16 Å². The lowest BCUT2D eigenvalue weighted by atomic mass is 10.2. The number of aromatic nitrogens is 2. The van der Waals surface area contributed by atoms with E-state index < -0.39 is 0 Å². The molecule has 0 bridgehead atoms. The predicted molar refractivity (Wildman–Crippen MR) is 52.6 cm³/mol. The van der Waals surface area contributed by atoms with E-state index in [-0.39, 0.29) is 0 Å². The van der Waals surface area contributed by atoms with Crippen molar-refractivity contribution < 1.29 is 0 Å². The average Bonchev–Trinajstić information content (AvgIpc) is 2.09. The van der Waals surface area contributed by atoms with Crippen LogP contribution < -0.4 is 5.73 Å². The van der Waals surface area contributed by atoms with Gasteiger partial charge in [-0.25, -0.2) is 9.97 Å². The van der Waals surface area contributed by atoms with E-state index in [0.717, 1.165) is 12.0 Å². The van der Waals surface area contributed by atoms with Crippen LogP contribution in [0.25, 0.3) is 0 Å². The second-order valence-corrected chi connectivity index (χ2v) is 3.36. The Bertz CT molecular complexity index is 267. The fraction of sp³-hybridized carbons (Fsp3) is 0.429. The normalized spacial score (nSPS) is 10.2. The van der Waals surface area contributed by atoms with Gasteiger partial charge in [-0.15, -0.1) is 11.6 Å². The van der Waals surface area contributed by atoms with Gasteiger partial charge in [-0.2, -0.15) is 0 Å². The Kier molecular flexibility index (Phi) is 3.62. The molecule has 0 saturated carbocycles. The summed E-state index contributed by atoms with van der Waals surface area (Å²) in [5, 5.41) is 0.700. The molecule has 0 radical (unpaired) electrons. The summed E-state index contributed by atoms with van der Waals surface area (Å²) in [6, 6.07) is 0. The lowest BCUT2D eigenvalue weighted by Crippen LogP contribution is -2.01. The number of thioether (sulfide) groups is 1. The molecule has 0 atom stereocenters. The van der Waals surface area contributed by atoms with Crippen molar-refractivity contribution in [3.8, 4) is 0 Å². The highest BCUT2D eigenvalue weighted by molar-refractivity contribution is 7.98. The number of aryl methyl sites for hydroxylation is 1. The molecule has 0 unspecified atom stereocenters. The van der Waals surface area contributed by atoms with Gasteiger partial charge in [0, 0.05) is 17.6 Å². The van der Waals surface area contributed by atoms with E-state index in [4.69, 9.17) is 17.3 Å². The fourth-order valence-corrected chi connectivity index (χ4v) is 1.35. The molecule has 3 nitrogen and oxygen atoms in total. The number of nitrogens with zero attached hydrogens (tertiary/aromatic N) is 2. The Labute approximate surface area is 80.7 Å². The van der Waals surface area contributed by atoms with Gasteiger partial charge in [-0.3, -0.25) is 0 Å². The van der Waals surface area contributed by atoms with Crippen molar-refractivity contribution in [2.45, 2.75) is 11.6 Å². The molecule has 2 N–H and O–H groups in total. The molecular weight excluding hydrogens is 194 g/mol. The van der Waals surface area contributed by atoms with Crippen LogP contribution in [0.5, 0.6) is 0 Å². The van der Waals surface area contributed by atoms with Crippen molar-refractivity contribution in [2.24, 2.45) is 0 Å². The van der Waals surface area contributed by atoms with E-state index in [2.05, 4.69) is 9.97 Å². The summed E-state index contributed by atoms with van der Waals surface area (Å²) in [7, 11) is 0. The van der Waals surface area contributed by atoms with Crippen LogP contribution >= 0.6 is 23.4 Å². The van der Waals surface area contributed by atoms with E-state index in [1.165, 1.54) is 11.8 Å². The van der Waals surface area contributed by atoms with E-state index in [0.29, 0.717) is 16.9 Å². The highest BCUT2D eigenvalue weighted by atomic mass is 35.5. The first kappa shape index (κ1) is 9.61. The summed E-state index contributed by atoms with van der Waals surface area (Å²) < 4.78 is 0. The number of hydrogen-bond acceptors (Lipinski definition) is 4. The van der Waals surface area contributed by atoms with Gasteiger partial charge in [0.1, 0.15) is 5.82 Å². The van der Waals surface area contributed by atoms with Crippen LogP contribution in [0, 0.1) is 0 Å². The smallest absolute Gasteiger partial charge is 0.189 e. The summed E-state index contributed by atoms with van der Waals surface area (Å²) in [5.74, 6) is 1.08. The second kappa shape index (κ2) is 4.52. The molecule has 1 heterocycles. The van der Waals surface area contributed by atoms with Crippen LogP contribution in [0.2, 0.25) is 0 Å². The van der Waals surface area contributed by atoms with Crippen molar-refractivity contribution in [1.29, 1.82) is 0 Å². The molecule has 0 aromatic carbocycles. The molecule has 0 fully saturated rings. The standard InChI is InChI=1S/C7H10ClN3S/c1-12-7-10-4-5(2-3-8)6(9)11-7/h4H,2-3H2,1H3,(H2,9,10,11). The van der Waals surface area contributed by atoms with Gasteiger partial charge < -0.3 is 5.73 Å². The molecule has 1 aromatic rings. The topological polar surface area (TPSA) is 51.8 Å². The fourth-order valence-electron chi connectivity index (χ4n) is 0.796. The molecule has 0 saturated heterocycles. The van der Waals surface area contributed by atoms with Crippen molar-refractivity contribution in [3.05, 3.63) is 11.8 Å². The van der Waals surface area contributed by atoms with Crippen LogP contribution in [0.15, 0.2) is 11.4 Å². The summed E-state index contributed by atoms with van der Waals surface area (Å²) in [4.78, 5) is 8.17. The van der Waals surface area contributed by atoms with E-state index in [1.54, 1.807) is 6.20 Å². The zero-order valence-electron chi connectivity index (χ0n) is 6.75. The van der Waals surface area contributed by atoms with Gasteiger partial charge >= 0.3 is 0 Å². The number of halogens is 1. The number of nitrogens with two attached hydrogens (primary N) is 1. The minimum absolute atomic E-state index is 0.537. The monoisotopic (exact) mass is 203 g/mol. The summed E-state index contributed by atoms with van der Waals surface area (Å²) in [6.07, 6.45) is 4.37. The molecule has 0 aliphatic rings. The first-order valence-electron chi connectivity index (χ1n) is 3.49. The molecule has 1 rings (SSSR count). The number of hydrogen-bond donors (Lipinski definition) is 1. The maximum Gasteiger partial charge on any atom is 0.189 e. The number of rotatable bonds is 3. The van der Waals surface area contributed by atoms with Crippen LogP contribution in [0.3, 0.4) is 0 Å². The van der Waals surface area contributed by atoms with Gasteiger partial charge in [0.05, 0.1) is 0 Å². The molecule has 0 aliphatic heterocycles. The minimum atomic E-state index is 0.537. The molecule has 5 heteroatoms. The van der Waals surface area contributed by atoms with Crippen molar-refractivity contribution >= 4 is 29.2 Å². The molecule has 0 spiro atoms. The van der Waals surface area contributed by atoms with E-state index >= 15 is 0 Å². The van der Waals surface area contributed by atoms with Crippen molar-refractivity contribution in [3.63, 3.8) is 0 Å². The lowest BCUT2D eigenvalue weighted by Gasteiger charge is -2.02. The summed E-state index contributed by atoms with van der Waals surface area (Å²) in [6.45, 7) is 0. The van der Waals surface area contributed by atoms with Crippen molar-refractivity contribution in [1.82, 2.24) is 9.97 Å². The molecule has 66 valence electrons. The third-order valence-corrected chi connectivity index (χ3v) is 2.17. The van der Waals surface area contributed by atoms with Gasteiger partial charge in [-0.05, 0) is 12.7 Å². The zero-order valence-corrected chi connectivity index (χ0v) is 8.32. The molecule has 0 amide bonds. The third kappa shape index (κ3) is 2.25. The largest absolute Gasteiger partial charge is 0.383 e. The maximum absolute atomic E-state index is 5.66. The lowest BCUT2D eigenvalue weighted by molar-refractivity contribution is 0.940. The minimum Gasteiger partial charge on any atom is -0.383 e. The first-order chi connectivity index (χ1) is 5.77. The highest BCUT2D eigenvalue weighted by Crippen LogP contribution is 2.14.